The minimum absolute atomic E-state index is 0.704. The van der Waals surface area contributed by atoms with E-state index in [1.165, 1.54) is 37.7 Å². The van der Waals surface area contributed by atoms with Crippen LogP contribution in [0.5, 0.6) is 0 Å². The molecular formula is C12H21NS. The maximum Gasteiger partial charge on any atom is 0.00672 e. The number of thiophene rings is 1. The zero-order valence-corrected chi connectivity index (χ0v) is 10.1. The van der Waals surface area contributed by atoms with Gasteiger partial charge in [0, 0.05) is 6.04 Å². The minimum Gasteiger partial charge on any atom is -0.317 e. The van der Waals surface area contributed by atoms with Crippen LogP contribution in [0.15, 0.2) is 16.8 Å². The number of rotatable bonds is 7. The van der Waals surface area contributed by atoms with E-state index in [0.717, 1.165) is 0 Å². The lowest BCUT2D eigenvalue weighted by Crippen LogP contribution is -2.25. The molecule has 1 heterocycles. The summed E-state index contributed by atoms with van der Waals surface area (Å²) < 4.78 is 0. The van der Waals surface area contributed by atoms with Crippen LogP contribution >= 0.6 is 11.3 Å². The van der Waals surface area contributed by atoms with Crippen molar-refractivity contribution in [3.63, 3.8) is 0 Å². The number of hydrogen-bond acceptors (Lipinski definition) is 2. The number of unbranched alkanes of at least 4 members (excludes halogenated alkanes) is 1. The quantitative estimate of drug-likeness (QED) is 0.728. The molecule has 2 heteroatoms. The molecule has 14 heavy (non-hydrogen) atoms. The number of aryl methyl sites for hydroxylation is 1. The van der Waals surface area contributed by atoms with Crippen LogP contribution in [-0.4, -0.2) is 13.1 Å². The van der Waals surface area contributed by atoms with Crippen LogP contribution < -0.4 is 5.32 Å². The summed E-state index contributed by atoms with van der Waals surface area (Å²) in [6.07, 6.45) is 6.45. The van der Waals surface area contributed by atoms with E-state index in [1.54, 1.807) is 11.3 Å². The average molecular weight is 211 g/mol. The molecule has 0 radical (unpaired) electrons. The maximum absolute atomic E-state index is 3.40. The van der Waals surface area contributed by atoms with Crippen LogP contribution in [0.4, 0.5) is 0 Å². The van der Waals surface area contributed by atoms with Crippen molar-refractivity contribution in [1.29, 1.82) is 0 Å². The van der Waals surface area contributed by atoms with Crippen molar-refractivity contribution in [2.45, 2.75) is 45.1 Å². The normalized spacial score (nSPS) is 13.0. The lowest BCUT2D eigenvalue weighted by Gasteiger charge is -2.14. The first-order chi connectivity index (χ1) is 6.86. The predicted octanol–water partition coefficient (Wildman–Crippen LogP) is 3.46. The fourth-order valence-corrected chi connectivity index (χ4v) is 2.36. The zero-order valence-electron chi connectivity index (χ0n) is 9.25. The highest BCUT2D eigenvalue weighted by atomic mass is 32.1. The molecular weight excluding hydrogens is 190 g/mol. The Bertz CT molecular complexity index is 218. The van der Waals surface area contributed by atoms with Crippen molar-refractivity contribution in [2.75, 3.05) is 7.05 Å². The molecule has 1 atom stereocenters. The van der Waals surface area contributed by atoms with E-state index in [4.69, 9.17) is 0 Å². The van der Waals surface area contributed by atoms with Crippen molar-refractivity contribution in [3.05, 3.63) is 22.4 Å². The summed E-state index contributed by atoms with van der Waals surface area (Å²) in [7, 11) is 2.08. The Kier molecular flexibility index (Phi) is 5.88. The van der Waals surface area contributed by atoms with Crippen molar-refractivity contribution >= 4 is 11.3 Å². The molecule has 0 saturated heterocycles. The molecule has 1 rings (SSSR count). The molecule has 0 aliphatic heterocycles. The first kappa shape index (κ1) is 11.7. The molecule has 0 fully saturated rings. The van der Waals surface area contributed by atoms with Crippen molar-refractivity contribution in [3.8, 4) is 0 Å². The van der Waals surface area contributed by atoms with E-state index in [-0.39, 0.29) is 0 Å². The molecule has 80 valence electrons. The fourth-order valence-electron chi connectivity index (χ4n) is 1.66. The summed E-state index contributed by atoms with van der Waals surface area (Å²) in [5, 5.41) is 7.82. The third kappa shape index (κ3) is 4.25. The predicted molar refractivity (Wildman–Crippen MR) is 65.0 cm³/mol. The van der Waals surface area contributed by atoms with Crippen LogP contribution in [0.3, 0.4) is 0 Å². The van der Waals surface area contributed by atoms with Crippen molar-refractivity contribution in [1.82, 2.24) is 5.32 Å². The third-order valence-corrected chi connectivity index (χ3v) is 3.41. The van der Waals surface area contributed by atoms with E-state index < -0.39 is 0 Å². The summed E-state index contributed by atoms with van der Waals surface area (Å²) in [6, 6.07) is 2.94. The third-order valence-electron chi connectivity index (χ3n) is 2.68. The Hall–Kier alpha value is -0.340. The monoisotopic (exact) mass is 211 g/mol. The van der Waals surface area contributed by atoms with Gasteiger partial charge in [0.15, 0.2) is 0 Å². The summed E-state index contributed by atoms with van der Waals surface area (Å²) in [5.74, 6) is 0. The van der Waals surface area contributed by atoms with E-state index >= 15 is 0 Å². The van der Waals surface area contributed by atoms with Gasteiger partial charge in [-0.15, -0.1) is 0 Å². The molecule has 1 aromatic heterocycles. The van der Waals surface area contributed by atoms with Gasteiger partial charge in [0.1, 0.15) is 0 Å². The highest BCUT2D eigenvalue weighted by molar-refractivity contribution is 7.07. The molecule has 1 N–H and O–H groups in total. The molecule has 0 aromatic carbocycles. The smallest absolute Gasteiger partial charge is 0.00672 e. The van der Waals surface area contributed by atoms with Gasteiger partial charge in [0.05, 0.1) is 0 Å². The second kappa shape index (κ2) is 7.02. The second-order valence-electron chi connectivity index (χ2n) is 3.80. The van der Waals surface area contributed by atoms with Gasteiger partial charge in [-0.25, -0.2) is 0 Å². The number of nitrogens with one attached hydrogen (secondary N) is 1. The summed E-state index contributed by atoms with van der Waals surface area (Å²) in [6.45, 7) is 2.26. The Morgan fingerprint density at radius 3 is 2.86 bits per heavy atom. The average Bonchev–Trinajstić information content (AvgIpc) is 2.71. The Morgan fingerprint density at radius 1 is 1.43 bits per heavy atom. The molecule has 1 aromatic rings. The van der Waals surface area contributed by atoms with Gasteiger partial charge in [0.2, 0.25) is 0 Å². The standard InChI is InChI=1S/C12H21NS/c1-3-4-5-12(13-2)7-6-11-8-9-14-10-11/h8-10,12-13H,3-7H2,1-2H3. The lowest BCUT2D eigenvalue weighted by atomic mass is 10.0. The Balaban J connectivity index is 2.20. The summed E-state index contributed by atoms with van der Waals surface area (Å²) in [4.78, 5) is 0. The van der Waals surface area contributed by atoms with Crippen LogP contribution in [0, 0.1) is 0 Å². The van der Waals surface area contributed by atoms with Gasteiger partial charge in [-0.2, -0.15) is 11.3 Å². The van der Waals surface area contributed by atoms with Crippen LogP contribution in [-0.2, 0) is 6.42 Å². The lowest BCUT2D eigenvalue weighted by molar-refractivity contribution is 0.472. The van der Waals surface area contributed by atoms with Gasteiger partial charge in [-0.05, 0) is 48.7 Å². The molecule has 1 nitrogen and oxygen atoms in total. The minimum atomic E-state index is 0.704. The van der Waals surface area contributed by atoms with E-state index in [0.29, 0.717) is 6.04 Å². The van der Waals surface area contributed by atoms with Crippen LogP contribution in [0.25, 0.3) is 0 Å². The summed E-state index contributed by atoms with van der Waals surface area (Å²) >= 11 is 1.80. The first-order valence-electron chi connectivity index (χ1n) is 5.55. The van der Waals surface area contributed by atoms with Crippen LogP contribution in [0.1, 0.15) is 38.2 Å². The largest absolute Gasteiger partial charge is 0.317 e. The van der Waals surface area contributed by atoms with E-state index in [9.17, 15) is 0 Å². The van der Waals surface area contributed by atoms with Gasteiger partial charge in [-0.1, -0.05) is 19.8 Å². The molecule has 0 saturated carbocycles. The fraction of sp³-hybridized carbons (Fsp3) is 0.667. The van der Waals surface area contributed by atoms with Gasteiger partial charge >= 0.3 is 0 Å². The van der Waals surface area contributed by atoms with E-state index in [1.807, 2.05) is 0 Å². The van der Waals surface area contributed by atoms with Gasteiger partial charge in [-0.3, -0.25) is 0 Å². The number of hydrogen-bond donors (Lipinski definition) is 1. The SMILES string of the molecule is CCCCC(CCc1ccsc1)NC. The van der Waals surface area contributed by atoms with Crippen molar-refractivity contribution < 1.29 is 0 Å². The van der Waals surface area contributed by atoms with E-state index in [2.05, 4.69) is 36.1 Å². The van der Waals surface area contributed by atoms with Gasteiger partial charge in [0.25, 0.3) is 0 Å². The highest BCUT2D eigenvalue weighted by Gasteiger charge is 2.05. The topological polar surface area (TPSA) is 12.0 Å². The molecule has 1 unspecified atom stereocenters. The Labute approximate surface area is 91.5 Å². The molecule has 0 bridgehead atoms. The molecule has 0 amide bonds. The first-order valence-corrected chi connectivity index (χ1v) is 6.49. The van der Waals surface area contributed by atoms with Crippen molar-refractivity contribution in [2.24, 2.45) is 0 Å². The second-order valence-corrected chi connectivity index (χ2v) is 4.58. The molecule has 0 aliphatic rings. The maximum atomic E-state index is 3.40. The Morgan fingerprint density at radius 2 is 2.29 bits per heavy atom. The molecule has 0 aliphatic carbocycles. The molecule has 0 spiro atoms. The van der Waals surface area contributed by atoms with Gasteiger partial charge < -0.3 is 5.32 Å². The highest BCUT2D eigenvalue weighted by Crippen LogP contribution is 2.12. The zero-order chi connectivity index (χ0) is 10.2. The summed E-state index contributed by atoms with van der Waals surface area (Å²) in [5.41, 5.74) is 1.49. The van der Waals surface area contributed by atoms with Crippen LogP contribution in [0.2, 0.25) is 0 Å².